The topological polar surface area (TPSA) is 115 Å². The summed E-state index contributed by atoms with van der Waals surface area (Å²) in [4.78, 5) is 18.1. The van der Waals surface area contributed by atoms with E-state index >= 15 is 0 Å². The van der Waals surface area contributed by atoms with Crippen LogP contribution in [0.25, 0.3) is 11.0 Å². The number of benzene rings is 2. The lowest BCUT2D eigenvalue weighted by Crippen LogP contribution is -2.12. The molecule has 0 spiro atoms. The predicted molar refractivity (Wildman–Crippen MR) is 83.4 cm³/mol. The molecule has 0 fully saturated rings. The normalized spacial score (nSPS) is 11.3. The second kappa shape index (κ2) is 5.61. The molecule has 116 valence electrons. The average molecular weight is 330 g/mol. The fourth-order valence-electron chi connectivity index (χ4n) is 1.99. The van der Waals surface area contributed by atoms with Crippen LogP contribution in [-0.4, -0.2) is 23.3 Å². The van der Waals surface area contributed by atoms with Gasteiger partial charge in [-0.15, -0.1) is 0 Å². The summed E-state index contributed by atoms with van der Waals surface area (Å²) in [7, 11) is -3.85. The van der Waals surface area contributed by atoms with Crippen molar-refractivity contribution in [3.8, 4) is 0 Å². The van der Waals surface area contributed by atoms with Gasteiger partial charge in [-0.05, 0) is 30.3 Å². The molecule has 9 heteroatoms. The van der Waals surface area contributed by atoms with Crippen molar-refractivity contribution in [3.05, 3.63) is 65.0 Å². The molecule has 0 bridgehead atoms. The molecule has 0 aliphatic carbocycles. The smallest absolute Gasteiger partial charge is 0.269 e. The van der Waals surface area contributed by atoms with Gasteiger partial charge in [-0.25, -0.2) is 8.42 Å². The molecule has 3 rings (SSSR count). The highest BCUT2D eigenvalue weighted by Crippen LogP contribution is 2.21. The van der Waals surface area contributed by atoms with Crippen molar-refractivity contribution in [1.29, 1.82) is 0 Å². The maximum absolute atomic E-state index is 12.3. The molecular weight excluding hydrogens is 320 g/mol. The third-order valence-electron chi connectivity index (χ3n) is 3.08. The van der Waals surface area contributed by atoms with Gasteiger partial charge in [0, 0.05) is 24.5 Å². The SMILES string of the molecule is O=[N+]([O-])c1ccc(S(=O)(=O)Nc2ccc3nccnc3c2)cc1. The molecule has 8 nitrogen and oxygen atoms in total. The molecule has 0 amide bonds. The fourth-order valence-corrected chi connectivity index (χ4v) is 3.04. The highest BCUT2D eigenvalue weighted by molar-refractivity contribution is 7.92. The summed E-state index contributed by atoms with van der Waals surface area (Å²) in [6, 6.07) is 9.42. The number of sulfonamides is 1. The summed E-state index contributed by atoms with van der Waals surface area (Å²) < 4.78 is 27.0. The predicted octanol–water partition coefficient (Wildman–Crippen LogP) is 2.34. The number of nitrogens with one attached hydrogen (secondary N) is 1. The van der Waals surface area contributed by atoms with Crippen molar-refractivity contribution in [2.45, 2.75) is 4.90 Å². The number of hydrogen-bond acceptors (Lipinski definition) is 6. The molecule has 2 aromatic carbocycles. The monoisotopic (exact) mass is 330 g/mol. The van der Waals surface area contributed by atoms with Crippen LogP contribution in [-0.2, 0) is 10.0 Å². The lowest BCUT2D eigenvalue weighted by atomic mass is 10.3. The van der Waals surface area contributed by atoms with Crippen LogP contribution in [0.2, 0.25) is 0 Å². The van der Waals surface area contributed by atoms with E-state index in [0.717, 1.165) is 12.1 Å². The number of fused-ring (bicyclic) bond motifs is 1. The van der Waals surface area contributed by atoms with Crippen molar-refractivity contribution in [2.75, 3.05) is 4.72 Å². The maximum atomic E-state index is 12.3. The minimum atomic E-state index is -3.85. The number of anilines is 1. The molecule has 0 aliphatic heterocycles. The first-order valence-electron chi connectivity index (χ1n) is 6.44. The minimum Gasteiger partial charge on any atom is -0.280 e. The van der Waals surface area contributed by atoms with Crippen LogP contribution in [0.15, 0.2) is 59.8 Å². The Labute approximate surface area is 131 Å². The van der Waals surface area contributed by atoms with Crippen LogP contribution in [0.4, 0.5) is 11.4 Å². The lowest BCUT2D eigenvalue weighted by molar-refractivity contribution is -0.384. The summed E-state index contributed by atoms with van der Waals surface area (Å²) in [6.07, 6.45) is 3.06. The summed E-state index contributed by atoms with van der Waals surface area (Å²) in [6.45, 7) is 0. The zero-order valence-corrected chi connectivity index (χ0v) is 12.4. The molecule has 0 atom stereocenters. The lowest BCUT2D eigenvalue weighted by Gasteiger charge is -2.08. The van der Waals surface area contributed by atoms with Crippen LogP contribution in [0.5, 0.6) is 0 Å². The van der Waals surface area contributed by atoms with Gasteiger partial charge < -0.3 is 0 Å². The van der Waals surface area contributed by atoms with Gasteiger partial charge in [-0.1, -0.05) is 0 Å². The van der Waals surface area contributed by atoms with E-state index in [-0.39, 0.29) is 10.6 Å². The number of aromatic nitrogens is 2. The van der Waals surface area contributed by atoms with Crippen molar-refractivity contribution < 1.29 is 13.3 Å². The molecule has 1 aromatic heterocycles. The Morgan fingerprint density at radius 2 is 1.61 bits per heavy atom. The molecule has 1 N–H and O–H groups in total. The number of nitro benzene ring substituents is 1. The summed E-state index contributed by atoms with van der Waals surface area (Å²) in [5.74, 6) is 0. The molecule has 0 saturated heterocycles. The van der Waals surface area contributed by atoms with Gasteiger partial charge in [-0.2, -0.15) is 0 Å². The fraction of sp³-hybridized carbons (Fsp3) is 0. The van der Waals surface area contributed by atoms with Crippen molar-refractivity contribution in [1.82, 2.24) is 9.97 Å². The number of non-ortho nitro benzene ring substituents is 1. The largest absolute Gasteiger partial charge is 0.280 e. The highest BCUT2D eigenvalue weighted by atomic mass is 32.2. The Balaban J connectivity index is 1.91. The van der Waals surface area contributed by atoms with Gasteiger partial charge in [0.25, 0.3) is 15.7 Å². The van der Waals surface area contributed by atoms with Crippen LogP contribution in [0.1, 0.15) is 0 Å². The molecule has 1 heterocycles. The van der Waals surface area contributed by atoms with Crippen LogP contribution in [0, 0.1) is 10.1 Å². The van der Waals surface area contributed by atoms with Crippen molar-refractivity contribution >= 4 is 32.4 Å². The first-order chi connectivity index (χ1) is 11.0. The third-order valence-corrected chi connectivity index (χ3v) is 4.48. The molecule has 3 aromatic rings. The Morgan fingerprint density at radius 1 is 0.957 bits per heavy atom. The molecule has 0 aliphatic rings. The second-order valence-corrected chi connectivity index (χ2v) is 6.30. The Morgan fingerprint density at radius 3 is 2.26 bits per heavy atom. The Kier molecular flexibility index (Phi) is 3.62. The van der Waals surface area contributed by atoms with E-state index in [1.807, 2.05) is 0 Å². The zero-order valence-electron chi connectivity index (χ0n) is 11.6. The highest BCUT2D eigenvalue weighted by Gasteiger charge is 2.16. The van der Waals surface area contributed by atoms with E-state index in [4.69, 9.17) is 0 Å². The van der Waals surface area contributed by atoms with Crippen LogP contribution >= 0.6 is 0 Å². The van der Waals surface area contributed by atoms with E-state index < -0.39 is 14.9 Å². The number of hydrogen-bond donors (Lipinski definition) is 1. The van der Waals surface area contributed by atoms with Gasteiger partial charge in [-0.3, -0.25) is 24.8 Å². The van der Waals surface area contributed by atoms with Crippen LogP contribution in [0.3, 0.4) is 0 Å². The van der Waals surface area contributed by atoms with E-state index in [9.17, 15) is 18.5 Å². The summed E-state index contributed by atoms with van der Waals surface area (Å²) in [5.41, 5.74) is 1.35. The molecule has 0 unspecified atom stereocenters. The van der Waals surface area contributed by atoms with Crippen molar-refractivity contribution in [3.63, 3.8) is 0 Å². The van der Waals surface area contributed by atoms with Gasteiger partial charge in [0.2, 0.25) is 0 Å². The third kappa shape index (κ3) is 3.09. The van der Waals surface area contributed by atoms with Crippen molar-refractivity contribution in [2.24, 2.45) is 0 Å². The second-order valence-electron chi connectivity index (χ2n) is 4.62. The van der Waals surface area contributed by atoms with E-state index in [1.165, 1.54) is 18.3 Å². The van der Waals surface area contributed by atoms with E-state index in [1.54, 1.807) is 24.4 Å². The first kappa shape index (κ1) is 14.9. The first-order valence-corrected chi connectivity index (χ1v) is 7.92. The average Bonchev–Trinajstić information content (AvgIpc) is 2.54. The Bertz CT molecular complexity index is 987. The van der Waals surface area contributed by atoms with E-state index in [2.05, 4.69) is 14.7 Å². The van der Waals surface area contributed by atoms with E-state index in [0.29, 0.717) is 16.7 Å². The van der Waals surface area contributed by atoms with Gasteiger partial charge in [0.1, 0.15) is 0 Å². The number of nitrogens with zero attached hydrogens (tertiary/aromatic N) is 3. The van der Waals surface area contributed by atoms with Crippen LogP contribution < -0.4 is 4.72 Å². The number of nitro groups is 1. The molecule has 0 saturated carbocycles. The quantitative estimate of drug-likeness (QED) is 0.580. The Hall–Kier alpha value is -3.07. The molecule has 0 radical (unpaired) electrons. The maximum Gasteiger partial charge on any atom is 0.269 e. The van der Waals surface area contributed by atoms with Gasteiger partial charge in [0.05, 0.1) is 26.5 Å². The standard InChI is InChI=1S/C14H10N4O4S/c19-18(20)11-2-4-12(5-3-11)23(21,22)17-10-1-6-13-14(9-10)16-8-7-15-13/h1-9,17H. The zero-order chi connectivity index (χ0) is 16.4. The molecular formula is C14H10N4O4S. The minimum absolute atomic E-state index is 0.0673. The van der Waals surface area contributed by atoms with Gasteiger partial charge >= 0.3 is 0 Å². The summed E-state index contributed by atoms with van der Waals surface area (Å²) in [5, 5.41) is 10.6. The summed E-state index contributed by atoms with van der Waals surface area (Å²) >= 11 is 0. The van der Waals surface area contributed by atoms with Gasteiger partial charge in [0.15, 0.2) is 0 Å². The number of rotatable bonds is 4. The molecule has 23 heavy (non-hydrogen) atoms.